The van der Waals surface area contributed by atoms with Gasteiger partial charge in [0.2, 0.25) is 0 Å². The molecule has 2 saturated heterocycles. The number of aryl methyl sites for hydroxylation is 1. The first-order chi connectivity index (χ1) is 16.0. The van der Waals surface area contributed by atoms with E-state index in [-0.39, 0.29) is 11.5 Å². The van der Waals surface area contributed by atoms with Crippen molar-refractivity contribution in [2.45, 2.75) is 33.1 Å². The van der Waals surface area contributed by atoms with Crippen LogP contribution in [0.3, 0.4) is 0 Å². The molecule has 4 rings (SSSR count). The number of carbonyl (C=O) groups excluding carboxylic acids is 1. The zero-order valence-corrected chi connectivity index (χ0v) is 21.3. The number of anilines is 1. The van der Waals surface area contributed by atoms with Crippen LogP contribution >= 0.6 is 24.0 Å². The van der Waals surface area contributed by atoms with Gasteiger partial charge in [-0.15, -0.1) is 0 Å². The maximum Gasteiger partial charge on any atom is 0.266 e. The van der Waals surface area contributed by atoms with Crippen LogP contribution in [-0.4, -0.2) is 63.9 Å². The van der Waals surface area contributed by atoms with Crippen LogP contribution in [0.1, 0.15) is 38.7 Å². The Labute approximate surface area is 205 Å². The van der Waals surface area contributed by atoms with Crippen LogP contribution in [-0.2, 0) is 11.8 Å². The van der Waals surface area contributed by atoms with E-state index in [4.69, 9.17) is 12.2 Å². The van der Waals surface area contributed by atoms with E-state index in [2.05, 4.69) is 29.7 Å². The van der Waals surface area contributed by atoms with Gasteiger partial charge in [-0.05, 0) is 25.1 Å². The number of likely N-dealkylation sites (N-methyl/N-ethyl adjacent to an activating group) is 1. The summed E-state index contributed by atoms with van der Waals surface area (Å²) < 4.78 is 2.27. The Kier molecular flexibility index (Phi) is 7.56. The molecule has 0 radical (unpaired) electrons. The summed E-state index contributed by atoms with van der Waals surface area (Å²) in [5, 5.41) is 1.04. The van der Waals surface area contributed by atoms with E-state index in [1.807, 2.05) is 18.2 Å². The fourth-order valence-corrected chi connectivity index (χ4v) is 5.90. The first-order valence-electron chi connectivity index (χ1n) is 11.8. The summed E-state index contributed by atoms with van der Waals surface area (Å²) in [6, 6.07) is 8.03. The van der Waals surface area contributed by atoms with Gasteiger partial charge in [-0.1, -0.05) is 68.9 Å². The van der Waals surface area contributed by atoms with Crippen molar-refractivity contribution in [3.05, 3.63) is 45.1 Å². The fraction of sp³-hybridized carbons (Fsp3) is 0.480. The smallest absolute Gasteiger partial charge is 0.266 e. The zero-order chi connectivity index (χ0) is 23.5. The summed E-state index contributed by atoms with van der Waals surface area (Å²) in [5.41, 5.74) is 2.33. The molecule has 0 bridgehead atoms. The molecular formula is C25H32N4O2S2. The molecule has 0 saturated carbocycles. The molecule has 2 aliphatic rings. The van der Waals surface area contributed by atoms with Crippen molar-refractivity contribution < 1.29 is 4.79 Å². The molecule has 0 N–H and O–H groups in total. The number of fused-ring (bicyclic) bond motifs is 1. The van der Waals surface area contributed by atoms with Crippen molar-refractivity contribution in [1.82, 2.24) is 14.4 Å². The van der Waals surface area contributed by atoms with E-state index in [0.717, 1.165) is 68.6 Å². The lowest BCUT2D eigenvalue weighted by atomic mass is 10.1. The van der Waals surface area contributed by atoms with Gasteiger partial charge in [0.1, 0.15) is 4.32 Å². The number of nitrogens with zero attached hydrogens (tertiary/aromatic N) is 4. The average Bonchev–Trinajstić information content (AvgIpc) is 3.10. The molecule has 2 fully saturated rings. The minimum atomic E-state index is -0.0853. The number of amides is 1. The second-order valence-corrected chi connectivity index (χ2v) is 10.3. The van der Waals surface area contributed by atoms with Crippen LogP contribution in [0.2, 0.25) is 0 Å². The minimum Gasteiger partial charge on any atom is -0.368 e. The van der Waals surface area contributed by atoms with Crippen LogP contribution in [0, 0.1) is 0 Å². The van der Waals surface area contributed by atoms with Crippen molar-refractivity contribution >= 4 is 56.9 Å². The Morgan fingerprint density at radius 2 is 1.79 bits per heavy atom. The predicted molar refractivity (Wildman–Crippen MR) is 143 cm³/mol. The molecule has 3 heterocycles. The van der Waals surface area contributed by atoms with Crippen molar-refractivity contribution in [2.75, 3.05) is 44.2 Å². The summed E-state index contributed by atoms with van der Waals surface area (Å²) in [6.45, 7) is 9.60. The lowest BCUT2D eigenvalue weighted by molar-refractivity contribution is -0.122. The molecule has 8 heteroatoms. The Morgan fingerprint density at radius 1 is 1.06 bits per heavy atom. The highest BCUT2D eigenvalue weighted by molar-refractivity contribution is 8.26. The van der Waals surface area contributed by atoms with Crippen molar-refractivity contribution in [3.8, 4) is 0 Å². The van der Waals surface area contributed by atoms with Gasteiger partial charge in [0.15, 0.2) is 0 Å². The maximum absolute atomic E-state index is 13.5. The lowest BCUT2D eigenvalue weighted by Crippen LogP contribution is -2.47. The van der Waals surface area contributed by atoms with E-state index in [1.54, 1.807) is 22.6 Å². The lowest BCUT2D eigenvalue weighted by Gasteiger charge is -2.37. The Balaban J connectivity index is 1.79. The summed E-state index contributed by atoms with van der Waals surface area (Å²) in [4.78, 5) is 33.7. The largest absolute Gasteiger partial charge is 0.368 e. The number of unbranched alkanes of at least 4 members (excludes halogenated alkanes) is 2. The molecule has 0 atom stereocenters. The van der Waals surface area contributed by atoms with Crippen molar-refractivity contribution in [1.29, 1.82) is 0 Å². The molecule has 2 aromatic rings. The zero-order valence-electron chi connectivity index (χ0n) is 19.7. The van der Waals surface area contributed by atoms with Gasteiger partial charge >= 0.3 is 0 Å². The van der Waals surface area contributed by atoms with Crippen molar-refractivity contribution in [2.24, 2.45) is 7.05 Å². The second kappa shape index (κ2) is 10.4. The van der Waals surface area contributed by atoms with Crippen LogP contribution in [0.5, 0.6) is 0 Å². The number of benzene rings is 1. The number of carbonyl (C=O) groups is 1. The third kappa shape index (κ3) is 4.74. The van der Waals surface area contributed by atoms with Crippen LogP contribution in [0.15, 0.2) is 34.0 Å². The SMILES string of the molecule is CCCCCN1C(=O)C(=Cc2c(N3CCN(CC)CC3)c3ccccc3n(C)c2=O)SC1=S. The quantitative estimate of drug-likeness (QED) is 0.335. The summed E-state index contributed by atoms with van der Waals surface area (Å²) in [5.74, 6) is -0.0851. The van der Waals surface area contributed by atoms with Gasteiger partial charge in [-0.2, -0.15) is 0 Å². The number of aromatic nitrogens is 1. The Morgan fingerprint density at radius 3 is 2.48 bits per heavy atom. The molecule has 6 nitrogen and oxygen atoms in total. The summed E-state index contributed by atoms with van der Waals surface area (Å²) in [7, 11) is 1.80. The molecule has 1 aromatic heterocycles. The van der Waals surface area contributed by atoms with Gasteiger partial charge in [0.05, 0.1) is 21.7 Å². The van der Waals surface area contributed by atoms with Gasteiger partial charge in [0.25, 0.3) is 11.5 Å². The highest BCUT2D eigenvalue weighted by Crippen LogP contribution is 2.36. The van der Waals surface area contributed by atoms with Crippen molar-refractivity contribution in [3.63, 3.8) is 0 Å². The Hall–Kier alpha value is -2.16. The summed E-state index contributed by atoms with van der Waals surface area (Å²) >= 11 is 6.82. The summed E-state index contributed by atoms with van der Waals surface area (Å²) in [6.07, 6.45) is 4.87. The van der Waals surface area contributed by atoms with Crippen LogP contribution < -0.4 is 10.5 Å². The number of para-hydroxylation sites is 1. The third-order valence-corrected chi connectivity index (χ3v) is 7.96. The van der Waals surface area contributed by atoms with Crippen LogP contribution in [0.25, 0.3) is 17.0 Å². The number of thiocarbonyl (C=S) groups is 1. The number of pyridine rings is 1. The van der Waals surface area contributed by atoms with E-state index >= 15 is 0 Å². The average molecular weight is 485 g/mol. The van der Waals surface area contributed by atoms with E-state index in [9.17, 15) is 9.59 Å². The molecular weight excluding hydrogens is 452 g/mol. The molecule has 176 valence electrons. The molecule has 33 heavy (non-hydrogen) atoms. The van der Waals surface area contributed by atoms with E-state index < -0.39 is 0 Å². The maximum atomic E-state index is 13.5. The third-order valence-electron chi connectivity index (χ3n) is 6.58. The molecule has 0 aliphatic carbocycles. The molecule has 2 aliphatic heterocycles. The second-order valence-electron chi connectivity index (χ2n) is 8.61. The van der Waals surface area contributed by atoms with Gasteiger partial charge in [-0.25, -0.2) is 0 Å². The molecule has 0 unspecified atom stereocenters. The monoisotopic (exact) mass is 484 g/mol. The highest BCUT2D eigenvalue weighted by atomic mass is 32.2. The Bertz CT molecular complexity index is 1150. The fourth-order valence-electron chi connectivity index (χ4n) is 4.61. The topological polar surface area (TPSA) is 48.8 Å². The van der Waals surface area contributed by atoms with Crippen LogP contribution in [0.4, 0.5) is 5.69 Å². The van der Waals surface area contributed by atoms with E-state index in [0.29, 0.717) is 21.3 Å². The number of hydrogen-bond donors (Lipinski definition) is 0. The number of thioether (sulfide) groups is 1. The minimum absolute atomic E-state index is 0.0851. The first-order valence-corrected chi connectivity index (χ1v) is 13.0. The number of hydrogen-bond acceptors (Lipinski definition) is 6. The van der Waals surface area contributed by atoms with Gasteiger partial charge in [-0.3, -0.25) is 14.5 Å². The predicted octanol–water partition coefficient (Wildman–Crippen LogP) is 4.07. The number of piperazine rings is 1. The first kappa shape index (κ1) is 24.0. The van der Waals surface area contributed by atoms with Gasteiger partial charge < -0.3 is 14.4 Å². The standard InChI is InChI=1S/C25H32N4O2S2/c1-4-6-9-12-29-24(31)21(33-25(29)32)17-19-22(28-15-13-27(5-2)14-16-28)18-10-7-8-11-20(18)26(3)23(19)30/h7-8,10-11,17H,4-6,9,12-16H2,1-3H3. The number of rotatable bonds is 7. The normalized spacial score (nSPS) is 18.8. The van der Waals surface area contributed by atoms with E-state index in [1.165, 1.54) is 11.8 Å². The van der Waals surface area contributed by atoms with Gasteiger partial charge in [0, 0.05) is 45.2 Å². The molecule has 1 aromatic carbocycles. The highest BCUT2D eigenvalue weighted by Gasteiger charge is 2.33. The molecule has 0 spiro atoms. The molecule has 1 amide bonds.